The Morgan fingerprint density at radius 2 is 1.92 bits per heavy atom. The van der Waals surface area contributed by atoms with Crippen LogP contribution in [0, 0.1) is 17.2 Å². The smallest absolute Gasteiger partial charge is 0.150 e. The van der Waals surface area contributed by atoms with E-state index in [4.69, 9.17) is 0 Å². The maximum Gasteiger partial charge on any atom is 0.150 e. The summed E-state index contributed by atoms with van der Waals surface area (Å²) in [4.78, 5) is 0. The average Bonchev–Trinajstić information content (AvgIpc) is 3.35. The summed E-state index contributed by atoms with van der Waals surface area (Å²) >= 11 is 0. The molecule has 2 fully saturated rings. The first-order chi connectivity index (χ1) is 12.7. The monoisotopic (exact) mass is 348 g/mol. The molecule has 2 saturated carbocycles. The topological polar surface area (TPSA) is 54.5 Å². The number of aromatic nitrogens is 3. The van der Waals surface area contributed by atoms with Crippen LogP contribution in [0.2, 0.25) is 0 Å². The summed E-state index contributed by atoms with van der Waals surface area (Å²) < 4.78 is 1.84. The van der Waals surface area contributed by atoms with Crippen molar-refractivity contribution in [1.29, 1.82) is 5.26 Å². The van der Waals surface area contributed by atoms with Gasteiger partial charge in [0.15, 0.2) is 5.54 Å². The SMILES string of the molecule is C[C@@](CCc1ccccc1)(c1cn(C2(C#N)CC2)nn1)C1CCCCC1. The molecule has 2 aliphatic carbocycles. The summed E-state index contributed by atoms with van der Waals surface area (Å²) in [5, 5.41) is 18.5. The molecule has 136 valence electrons. The Morgan fingerprint density at radius 1 is 1.19 bits per heavy atom. The van der Waals surface area contributed by atoms with E-state index in [1.165, 1.54) is 37.7 Å². The molecule has 0 spiro atoms. The second kappa shape index (κ2) is 6.87. The Hall–Kier alpha value is -2.15. The van der Waals surface area contributed by atoms with Gasteiger partial charge in [-0.3, -0.25) is 0 Å². The van der Waals surface area contributed by atoms with E-state index in [0.29, 0.717) is 5.92 Å². The van der Waals surface area contributed by atoms with Crippen LogP contribution in [0.1, 0.15) is 69.5 Å². The molecular weight excluding hydrogens is 320 g/mol. The van der Waals surface area contributed by atoms with E-state index in [9.17, 15) is 5.26 Å². The summed E-state index contributed by atoms with van der Waals surface area (Å²) in [6, 6.07) is 13.2. The highest BCUT2D eigenvalue weighted by atomic mass is 15.5. The van der Waals surface area contributed by atoms with Crippen molar-refractivity contribution in [1.82, 2.24) is 15.0 Å². The molecule has 1 aromatic heterocycles. The zero-order chi connectivity index (χ0) is 18.0. The summed E-state index contributed by atoms with van der Waals surface area (Å²) in [5.41, 5.74) is 2.08. The lowest BCUT2D eigenvalue weighted by atomic mass is 9.65. The molecule has 4 heteroatoms. The molecule has 0 amide bonds. The van der Waals surface area contributed by atoms with Crippen LogP contribution in [0.3, 0.4) is 0 Å². The van der Waals surface area contributed by atoms with Gasteiger partial charge in [0, 0.05) is 5.41 Å². The number of rotatable bonds is 6. The third kappa shape index (κ3) is 3.16. The maximum atomic E-state index is 9.48. The van der Waals surface area contributed by atoms with Gasteiger partial charge in [0.2, 0.25) is 0 Å². The first-order valence-corrected chi connectivity index (χ1v) is 10.0. The lowest BCUT2D eigenvalue weighted by Gasteiger charge is -2.39. The van der Waals surface area contributed by atoms with Crippen LogP contribution in [-0.2, 0) is 17.4 Å². The van der Waals surface area contributed by atoms with Crippen molar-refractivity contribution in [3.8, 4) is 6.07 Å². The van der Waals surface area contributed by atoms with Gasteiger partial charge in [-0.15, -0.1) is 5.10 Å². The number of hydrogen-bond acceptors (Lipinski definition) is 3. The van der Waals surface area contributed by atoms with Crippen LogP contribution < -0.4 is 0 Å². The molecule has 2 aliphatic rings. The molecule has 26 heavy (non-hydrogen) atoms. The van der Waals surface area contributed by atoms with Gasteiger partial charge in [0.1, 0.15) is 0 Å². The minimum Gasteiger partial charge on any atom is -0.232 e. The molecule has 0 unspecified atom stereocenters. The molecule has 0 radical (unpaired) electrons. The Kier molecular flexibility index (Phi) is 4.56. The molecule has 0 N–H and O–H groups in total. The Balaban J connectivity index is 1.61. The summed E-state index contributed by atoms with van der Waals surface area (Å²) in [6.45, 7) is 2.38. The fraction of sp³-hybridized carbons (Fsp3) is 0.591. The Morgan fingerprint density at radius 3 is 2.58 bits per heavy atom. The minimum absolute atomic E-state index is 0.0278. The van der Waals surface area contributed by atoms with Crippen LogP contribution in [-0.4, -0.2) is 15.0 Å². The zero-order valence-corrected chi connectivity index (χ0v) is 15.7. The zero-order valence-electron chi connectivity index (χ0n) is 15.7. The van der Waals surface area contributed by atoms with Gasteiger partial charge in [-0.05, 0) is 50.0 Å². The average molecular weight is 348 g/mol. The molecule has 1 aromatic carbocycles. The molecular formula is C22H28N4. The largest absolute Gasteiger partial charge is 0.232 e. The van der Waals surface area contributed by atoms with Gasteiger partial charge in [0.05, 0.1) is 18.0 Å². The van der Waals surface area contributed by atoms with Crippen LogP contribution >= 0.6 is 0 Å². The summed E-state index contributed by atoms with van der Waals surface area (Å²) in [7, 11) is 0. The van der Waals surface area contributed by atoms with Crippen LogP contribution in [0.25, 0.3) is 0 Å². The van der Waals surface area contributed by atoms with Crippen molar-refractivity contribution in [3.63, 3.8) is 0 Å². The molecule has 2 aromatic rings. The third-order valence-electron chi connectivity index (χ3n) is 6.73. The predicted octanol–water partition coefficient (Wildman–Crippen LogP) is 4.76. The lowest BCUT2D eigenvalue weighted by Crippen LogP contribution is -2.35. The van der Waals surface area contributed by atoms with Crippen molar-refractivity contribution in [3.05, 3.63) is 47.8 Å². The molecule has 4 nitrogen and oxygen atoms in total. The fourth-order valence-corrected chi connectivity index (χ4v) is 4.57. The molecule has 4 rings (SSSR count). The summed E-state index contributed by atoms with van der Waals surface area (Å²) in [5.74, 6) is 0.655. The lowest BCUT2D eigenvalue weighted by molar-refractivity contribution is 0.201. The van der Waals surface area contributed by atoms with Crippen LogP contribution in [0.5, 0.6) is 0 Å². The van der Waals surface area contributed by atoms with Crippen molar-refractivity contribution in [2.45, 2.75) is 75.7 Å². The highest BCUT2D eigenvalue weighted by Gasteiger charge is 2.48. The number of benzene rings is 1. The van der Waals surface area contributed by atoms with E-state index in [1.807, 2.05) is 4.68 Å². The van der Waals surface area contributed by atoms with E-state index >= 15 is 0 Å². The number of nitrogens with zero attached hydrogens (tertiary/aromatic N) is 4. The molecule has 0 aliphatic heterocycles. The van der Waals surface area contributed by atoms with E-state index in [0.717, 1.165) is 31.4 Å². The fourth-order valence-electron chi connectivity index (χ4n) is 4.57. The predicted molar refractivity (Wildman–Crippen MR) is 102 cm³/mol. The van der Waals surface area contributed by atoms with Gasteiger partial charge >= 0.3 is 0 Å². The molecule has 1 atom stereocenters. The first kappa shape index (κ1) is 17.3. The molecule has 0 saturated heterocycles. The van der Waals surface area contributed by atoms with Crippen molar-refractivity contribution in [2.24, 2.45) is 5.92 Å². The van der Waals surface area contributed by atoms with E-state index in [-0.39, 0.29) is 5.41 Å². The normalized spacial score (nSPS) is 21.7. The maximum absolute atomic E-state index is 9.48. The van der Waals surface area contributed by atoms with Gasteiger partial charge in [-0.1, -0.05) is 61.7 Å². The number of nitriles is 1. The van der Waals surface area contributed by atoms with E-state index < -0.39 is 5.54 Å². The molecule has 1 heterocycles. The highest BCUT2D eigenvalue weighted by Crippen LogP contribution is 2.46. The van der Waals surface area contributed by atoms with Crippen molar-refractivity contribution in [2.75, 3.05) is 0 Å². The second-order valence-electron chi connectivity index (χ2n) is 8.43. The van der Waals surface area contributed by atoms with E-state index in [1.54, 1.807) is 0 Å². The van der Waals surface area contributed by atoms with Gasteiger partial charge in [-0.2, -0.15) is 5.26 Å². The summed E-state index contributed by atoms with van der Waals surface area (Å²) in [6.07, 6.45) is 12.6. The van der Waals surface area contributed by atoms with Crippen LogP contribution in [0.4, 0.5) is 0 Å². The van der Waals surface area contributed by atoms with Gasteiger partial charge < -0.3 is 0 Å². The second-order valence-corrected chi connectivity index (χ2v) is 8.43. The van der Waals surface area contributed by atoms with Gasteiger partial charge in [0.25, 0.3) is 0 Å². The highest BCUT2D eigenvalue weighted by molar-refractivity contribution is 5.22. The quantitative estimate of drug-likeness (QED) is 0.756. The number of hydrogen-bond donors (Lipinski definition) is 0. The Bertz CT molecular complexity index is 778. The number of aryl methyl sites for hydroxylation is 1. The van der Waals surface area contributed by atoms with Crippen molar-refractivity contribution < 1.29 is 0 Å². The third-order valence-corrected chi connectivity index (χ3v) is 6.73. The molecule has 0 bridgehead atoms. The first-order valence-electron chi connectivity index (χ1n) is 10.0. The van der Waals surface area contributed by atoms with Crippen molar-refractivity contribution >= 4 is 0 Å². The van der Waals surface area contributed by atoms with Gasteiger partial charge in [-0.25, -0.2) is 4.68 Å². The van der Waals surface area contributed by atoms with Crippen LogP contribution in [0.15, 0.2) is 36.5 Å². The van der Waals surface area contributed by atoms with E-state index in [2.05, 4.69) is 59.8 Å². The Labute approximate surface area is 156 Å². The minimum atomic E-state index is -0.418. The standard InChI is InChI=1S/C22H28N4/c1-21(19-10-6-3-7-11-19,13-12-18-8-4-2-5-9-18)20-16-26(25-24-20)22(17-23)14-15-22/h2,4-5,8-9,16,19H,3,6-7,10-15H2,1H3/t21-/m0/s1.